The van der Waals surface area contributed by atoms with Crippen LogP contribution in [0, 0.1) is 17.8 Å². The van der Waals surface area contributed by atoms with Gasteiger partial charge in [0.25, 0.3) is 0 Å². The zero-order valence-corrected chi connectivity index (χ0v) is 12.9. The maximum absolute atomic E-state index is 6.01. The summed E-state index contributed by atoms with van der Waals surface area (Å²) in [7, 11) is 0. The summed E-state index contributed by atoms with van der Waals surface area (Å²) in [5.74, 6) is 2.15. The van der Waals surface area contributed by atoms with E-state index in [0.29, 0.717) is 12.0 Å². The van der Waals surface area contributed by atoms with Crippen LogP contribution in [0.25, 0.3) is 0 Å². The van der Waals surface area contributed by atoms with Crippen molar-refractivity contribution in [2.24, 2.45) is 23.5 Å². The van der Waals surface area contributed by atoms with Crippen LogP contribution in [-0.2, 0) is 0 Å². The van der Waals surface area contributed by atoms with Gasteiger partial charge in [-0.05, 0) is 24.2 Å². The second kappa shape index (κ2) is 8.93. The Hall–Kier alpha value is -0.0800. The summed E-state index contributed by atoms with van der Waals surface area (Å²) in [6, 6.07) is 0.555. The summed E-state index contributed by atoms with van der Waals surface area (Å²) in [6.07, 6.45) is 2.55. The zero-order chi connectivity index (χ0) is 13.4. The lowest BCUT2D eigenvalue weighted by molar-refractivity contribution is 0.117. The fourth-order valence-corrected chi connectivity index (χ4v) is 2.67. The third-order valence-corrected chi connectivity index (χ3v) is 3.31. The van der Waals surface area contributed by atoms with Gasteiger partial charge in [0.2, 0.25) is 0 Å². The van der Waals surface area contributed by atoms with E-state index < -0.39 is 0 Å². The second-order valence-electron chi connectivity index (χ2n) is 6.31. The fraction of sp³-hybridized carbons (Fsp3) is 1.00. The number of nitrogens with zero attached hydrogens (tertiary/aromatic N) is 1. The first-order chi connectivity index (χ1) is 7.92. The van der Waals surface area contributed by atoms with Crippen molar-refractivity contribution in [3.63, 3.8) is 0 Å². The Morgan fingerprint density at radius 2 is 1.41 bits per heavy atom. The SMILES string of the molecule is CCCC(C)C(CN)N(CC(C)C)CC(C)C. The second-order valence-corrected chi connectivity index (χ2v) is 6.31. The molecule has 2 nitrogen and oxygen atoms in total. The molecule has 0 bridgehead atoms. The highest BCUT2D eigenvalue weighted by Gasteiger charge is 2.23. The topological polar surface area (TPSA) is 29.3 Å². The van der Waals surface area contributed by atoms with Gasteiger partial charge in [0.1, 0.15) is 0 Å². The van der Waals surface area contributed by atoms with E-state index in [-0.39, 0.29) is 0 Å². The Morgan fingerprint density at radius 1 is 0.941 bits per heavy atom. The molecule has 0 fully saturated rings. The summed E-state index contributed by atoms with van der Waals surface area (Å²) in [5.41, 5.74) is 6.01. The molecule has 0 aromatic carbocycles. The molecule has 0 aromatic rings. The maximum Gasteiger partial charge on any atom is 0.0244 e. The van der Waals surface area contributed by atoms with Gasteiger partial charge in [0.15, 0.2) is 0 Å². The molecule has 2 heteroatoms. The average Bonchev–Trinajstić information content (AvgIpc) is 2.16. The molecule has 0 radical (unpaired) electrons. The average molecular weight is 242 g/mol. The van der Waals surface area contributed by atoms with Crippen molar-refractivity contribution in [2.75, 3.05) is 19.6 Å². The molecule has 2 unspecified atom stereocenters. The molecule has 0 saturated heterocycles. The van der Waals surface area contributed by atoms with Gasteiger partial charge in [-0.1, -0.05) is 48.0 Å². The molecule has 2 N–H and O–H groups in total. The van der Waals surface area contributed by atoms with E-state index in [2.05, 4.69) is 46.4 Å². The normalized spacial score (nSPS) is 15.9. The van der Waals surface area contributed by atoms with Gasteiger partial charge in [-0.15, -0.1) is 0 Å². The highest BCUT2D eigenvalue weighted by atomic mass is 15.2. The molecule has 104 valence electrons. The largest absolute Gasteiger partial charge is 0.329 e. The first-order valence-corrected chi connectivity index (χ1v) is 7.36. The van der Waals surface area contributed by atoms with E-state index in [4.69, 9.17) is 5.73 Å². The highest BCUT2D eigenvalue weighted by molar-refractivity contribution is 4.79. The first-order valence-electron chi connectivity index (χ1n) is 7.36. The van der Waals surface area contributed by atoms with Gasteiger partial charge in [-0.3, -0.25) is 4.90 Å². The van der Waals surface area contributed by atoms with Crippen LogP contribution in [0.2, 0.25) is 0 Å². The standard InChI is InChI=1S/C15H34N2/c1-7-8-14(6)15(9-16)17(10-12(2)3)11-13(4)5/h12-15H,7-11,16H2,1-6H3. The first kappa shape index (κ1) is 16.9. The van der Waals surface area contributed by atoms with E-state index in [1.54, 1.807) is 0 Å². The van der Waals surface area contributed by atoms with Crippen molar-refractivity contribution in [1.82, 2.24) is 4.90 Å². The number of nitrogens with two attached hydrogens (primary N) is 1. The van der Waals surface area contributed by atoms with Crippen LogP contribution in [0.3, 0.4) is 0 Å². The smallest absolute Gasteiger partial charge is 0.0244 e. The lowest BCUT2D eigenvalue weighted by atomic mass is 9.94. The van der Waals surface area contributed by atoms with Crippen LogP contribution in [0.15, 0.2) is 0 Å². The molecular weight excluding hydrogens is 208 g/mol. The lowest BCUT2D eigenvalue weighted by Crippen LogP contribution is -2.47. The van der Waals surface area contributed by atoms with Gasteiger partial charge >= 0.3 is 0 Å². The van der Waals surface area contributed by atoms with Crippen LogP contribution < -0.4 is 5.73 Å². The van der Waals surface area contributed by atoms with E-state index in [9.17, 15) is 0 Å². The summed E-state index contributed by atoms with van der Waals surface area (Å²) >= 11 is 0. The molecule has 0 spiro atoms. The Balaban J connectivity index is 4.58. The van der Waals surface area contributed by atoms with Gasteiger partial charge in [-0.2, -0.15) is 0 Å². The quantitative estimate of drug-likeness (QED) is 0.672. The molecule has 2 atom stereocenters. The number of rotatable bonds is 9. The molecule has 17 heavy (non-hydrogen) atoms. The number of hydrogen-bond donors (Lipinski definition) is 1. The van der Waals surface area contributed by atoms with Crippen molar-refractivity contribution in [3.8, 4) is 0 Å². The minimum atomic E-state index is 0.555. The van der Waals surface area contributed by atoms with Crippen LogP contribution >= 0.6 is 0 Å². The predicted octanol–water partition coefficient (Wildman–Crippen LogP) is 3.36. The Bertz CT molecular complexity index is 168. The van der Waals surface area contributed by atoms with Crippen LogP contribution in [0.4, 0.5) is 0 Å². The van der Waals surface area contributed by atoms with Crippen LogP contribution in [0.1, 0.15) is 54.4 Å². The summed E-state index contributed by atoms with van der Waals surface area (Å²) in [6.45, 7) is 16.9. The van der Waals surface area contributed by atoms with Gasteiger partial charge in [-0.25, -0.2) is 0 Å². The summed E-state index contributed by atoms with van der Waals surface area (Å²) in [5, 5.41) is 0. The predicted molar refractivity (Wildman–Crippen MR) is 78.2 cm³/mol. The third kappa shape index (κ3) is 7.05. The van der Waals surface area contributed by atoms with Crippen molar-refractivity contribution in [3.05, 3.63) is 0 Å². The fourth-order valence-electron chi connectivity index (χ4n) is 2.67. The van der Waals surface area contributed by atoms with E-state index >= 15 is 0 Å². The lowest BCUT2D eigenvalue weighted by Gasteiger charge is -2.37. The van der Waals surface area contributed by atoms with Gasteiger partial charge < -0.3 is 5.73 Å². The van der Waals surface area contributed by atoms with E-state index in [0.717, 1.165) is 18.4 Å². The van der Waals surface area contributed by atoms with Crippen molar-refractivity contribution >= 4 is 0 Å². The summed E-state index contributed by atoms with van der Waals surface area (Å²) < 4.78 is 0. The maximum atomic E-state index is 6.01. The monoisotopic (exact) mass is 242 g/mol. The Morgan fingerprint density at radius 3 is 1.71 bits per heavy atom. The molecule has 0 aliphatic carbocycles. The third-order valence-electron chi connectivity index (χ3n) is 3.31. The van der Waals surface area contributed by atoms with Gasteiger partial charge in [0.05, 0.1) is 0 Å². The number of hydrogen-bond acceptors (Lipinski definition) is 2. The molecule has 0 aliphatic rings. The van der Waals surface area contributed by atoms with E-state index in [1.165, 1.54) is 25.9 Å². The molecule has 0 heterocycles. The van der Waals surface area contributed by atoms with Crippen molar-refractivity contribution in [2.45, 2.75) is 60.4 Å². The minimum absolute atomic E-state index is 0.555. The summed E-state index contributed by atoms with van der Waals surface area (Å²) in [4.78, 5) is 2.62. The Labute approximate surface area is 109 Å². The van der Waals surface area contributed by atoms with E-state index in [1.807, 2.05) is 0 Å². The molecule has 0 rings (SSSR count). The molecule has 0 aromatic heterocycles. The van der Waals surface area contributed by atoms with Crippen molar-refractivity contribution in [1.29, 1.82) is 0 Å². The van der Waals surface area contributed by atoms with Crippen LogP contribution in [0.5, 0.6) is 0 Å². The Kier molecular flexibility index (Phi) is 8.89. The van der Waals surface area contributed by atoms with Gasteiger partial charge in [0, 0.05) is 25.7 Å². The zero-order valence-electron chi connectivity index (χ0n) is 12.9. The molecule has 0 aliphatic heterocycles. The van der Waals surface area contributed by atoms with Crippen LogP contribution in [-0.4, -0.2) is 30.6 Å². The molecular formula is C15H34N2. The molecule has 0 saturated carbocycles. The minimum Gasteiger partial charge on any atom is -0.329 e. The highest BCUT2D eigenvalue weighted by Crippen LogP contribution is 2.18. The van der Waals surface area contributed by atoms with Crippen molar-refractivity contribution < 1.29 is 0 Å². The molecule has 0 amide bonds.